The number of likely N-dealkylation sites (N-methyl/N-ethyl adjacent to an activating group) is 1. The van der Waals surface area contributed by atoms with Crippen LogP contribution in [0.4, 0.5) is 0 Å². The molecule has 140 valence electrons. The Kier molecular flexibility index (Phi) is 6.90. The number of thiophene rings is 1. The lowest BCUT2D eigenvalue weighted by Crippen LogP contribution is -2.43. The molecule has 1 saturated heterocycles. The number of halogens is 1. The third-order valence-corrected chi connectivity index (χ3v) is 6.76. The van der Waals surface area contributed by atoms with E-state index >= 15 is 0 Å². The van der Waals surface area contributed by atoms with Gasteiger partial charge in [-0.15, -0.1) is 11.3 Å². The van der Waals surface area contributed by atoms with E-state index in [0.29, 0.717) is 6.04 Å². The predicted octanol–water partition coefficient (Wildman–Crippen LogP) is 5.51. The Morgan fingerprint density at radius 2 is 2.00 bits per heavy atom. The van der Waals surface area contributed by atoms with Crippen molar-refractivity contribution >= 4 is 33.2 Å². The molecule has 0 saturated carbocycles. The van der Waals surface area contributed by atoms with Crippen LogP contribution in [0.5, 0.6) is 0 Å². The van der Waals surface area contributed by atoms with Crippen LogP contribution < -0.4 is 0 Å². The summed E-state index contributed by atoms with van der Waals surface area (Å²) in [7, 11) is 0. The summed E-state index contributed by atoms with van der Waals surface area (Å²) in [5.74, 6) is 0.180. The number of benzene rings is 1. The number of carbonyl (C=O) groups is 1. The molecule has 0 N–H and O–H groups in total. The van der Waals surface area contributed by atoms with Gasteiger partial charge in [-0.05, 0) is 78.1 Å². The molecule has 2 aromatic rings. The first-order valence-corrected chi connectivity index (χ1v) is 11.1. The molecule has 5 heteroatoms. The lowest BCUT2D eigenvalue weighted by Gasteiger charge is -2.30. The molecule has 1 amide bonds. The molecule has 0 radical (unpaired) electrons. The minimum atomic E-state index is 0.180. The van der Waals surface area contributed by atoms with E-state index < -0.39 is 0 Å². The van der Waals surface area contributed by atoms with Gasteiger partial charge in [-0.25, -0.2) is 0 Å². The zero-order valence-electron chi connectivity index (χ0n) is 15.6. The maximum Gasteiger partial charge on any atom is 0.254 e. The van der Waals surface area contributed by atoms with Gasteiger partial charge < -0.3 is 9.80 Å². The number of nitrogens with zero attached hydrogens (tertiary/aromatic N) is 2. The highest BCUT2D eigenvalue weighted by atomic mass is 79.9. The first-order valence-electron chi connectivity index (χ1n) is 9.51. The van der Waals surface area contributed by atoms with Crippen LogP contribution in [0.25, 0.3) is 10.4 Å². The van der Waals surface area contributed by atoms with Gasteiger partial charge in [0, 0.05) is 29.6 Å². The Morgan fingerprint density at radius 1 is 1.23 bits per heavy atom. The highest BCUT2D eigenvalue weighted by molar-refractivity contribution is 9.11. The number of hydrogen-bond donors (Lipinski definition) is 0. The molecule has 1 aromatic heterocycles. The Morgan fingerprint density at radius 3 is 2.62 bits per heavy atom. The minimum absolute atomic E-state index is 0.180. The summed E-state index contributed by atoms with van der Waals surface area (Å²) in [5.41, 5.74) is 1.96. The summed E-state index contributed by atoms with van der Waals surface area (Å²) in [4.78, 5) is 18.8. The number of carbonyl (C=O) groups excluding carboxylic acids is 1. The largest absolute Gasteiger partial charge is 0.334 e. The number of likely N-dealkylation sites (tertiary alicyclic amines) is 1. The van der Waals surface area contributed by atoms with Crippen LogP contribution in [0.3, 0.4) is 0 Å². The zero-order valence-corrected chi connectivity index (χ0v) is 18.0. The van der Waals surface area contributed by atoms with Crippen LogP contribution in [0.15, 0.2) is 40.2 Å². The second-order valence-electron chi connectivity index (χ2n) is 6.87. The first-order chi connectivity index (χ1) is 12.6. The van der Waals surface area contributed by atoms with E-state index in [1.807, 2.05) is 12.1 Å². The summed E-state index contributed by atoms with van der Waals surface area (Å²) < 4.78 is 1.13. The van der Waals surface area contributed by atoms with E-state index in [1.54, 1.807) is 11.3 Å². The Hall–Kier alpha value is -1.17. The van der Waals surface area contributed by atoms with Gasteiger partial charge in [0.05, 0.1) is 3.79 Å². The SMILES string of the molecule is CCCN(CC)CC1CCCN1C(=O)c1ccc(-c2ccc(Br)s2)cc1. The van der Waals surface area contributed by atoms with Gasteiger partial charge in [0.15, 0.2) is 0 Å². The molecular formula is C21H27BrN2OS. The molecule has 0 spiro atoms. The lowest BCUT2D eigenvalue weighted by molar-refractivity contribution is 0.0702. The van der Waals surface area contributed by atoms with Crippen LogP contribution >= 0.6 is 27.3 Å². The van der Waals surface area contributed by atoms with E-state index in [0.717, 1.165) is 60.4 Å². The summed E-state index contributed by atoms with van der Waals surface area (Å²) in [5, 5.41) is 0. The van der Waals surface area contributed by atoms with Crippen LogP contribution in [0.2, 0.25) is 0 Å². The number of amides is 1. The van der Waals surface area contributed by atoms with Crippen molar-refractivity contribution in [3.8, 4) is 10.4 Å². The van der Waals surface area contributed by atoms with Crippen molar-refractivity contribution in [3.05, 3.63) is 45.7 Å². The van der Waals surface area contributed by atoms with Gasteiger partial charge >= 0.3 is 0 Å². The average Bonchev–Trinajstić information content (AvgIpc) is 3.30. The van der Waals surface area contributed by atoms with Gasteiger partial charge in [-0.3, -0.25) is 4.79 Å². The van der Waals surface area contributed by atoms with Gasteiger partial charge in [0.1, 0.15) is 0 Å². The second kappa shape index (κ2) is 9.16. The second-order valence-corrected chi connectivity index (χ2v) is 9.33. The van der Waals surface area contributed by atoms with Gasteiger partial charge in [-0.1, -0.05) is 26.0 Å². The summed E-state index contributed by atoms with van der Waals surface area (Å²) in [6, 6.07) is 12.6. The molecule has 26 heavy (non-hydrogen) atoms. The normalized spacial score (nSPS) is 17.2. The third-order valence-electron chi connectivity index (χ3n) is 5.08. The summed E-state index contributed by atoms with van der Waals surface area (Å²) in [6.07, 6.45) is 3.39. The smallest absolute Gasteiger partial charge is 0.254 e. The molecule has 2 heterocycles. The standard InChI is InChI=1S/C21H27BrN2OS/c1-3-13-23(4-2)15-18-6-5-14-24(18)21(25)17-9-7-16(8-10-17)19-11-12-20(22)26-19/h7-12,18H,3-6,13-15H2,1-2H3. The van der Waals surface area contributed by atoms with E-state index in [1.165, 1.54) is 4.88 Å². The quantitative estimate of drug-likeness (QED) is 0.572. The maximum absolute atomic E-state index is 13.0. The van der Waals surface area contributed by atoms with Crippen LogP contribution in [0.1, 0.15) is 43.5 Å². The fraction of sp³-hybridized carbons (Fsp3) is 0.476. The van der Waals surface area contributed by atoms with E-state index in [9.17, 15) is 4.79 Å². The molecule has 1 aromatic carbocycles. The van der Waals surface area contributed by atoms with Crippen molar-refractivity contribution in [1.29, 1.82) is 0 Å². The molecular weight excluding hydrogens is 408 g/mol. The van der Waals surface area contributed by atoms with Crippen molar-refractivity contribution in [1.82, 2.24) is 9.80 Å². The van der Waals surface area contributed by atoms with Gasteiger partial charge in [0.25, 0.3) is 5.91 Å². The number of hydrogen-bond acceptors (Lipinski definition) is 3. The maximum atomic E-state index is 13.0. The molecule has 3 nitrogen and oxygen atoms in total. The molecule has 0 aliphatic carbocycles. The van der Waals surface area contributed by atoms with Gasteiger partial charge in [0.2, 0.25) is 0 Å². The Bertz CT molecular complexity index is 728. The first kappa shape index (κ1) is 19.6. The number of rotatable bonds is 7. The Labute approximate surface area is 169 Å². The average molecular weight is 435 g/mol. The highest BCUT2D eigenvalue weighted by Gasteiger charge is 2.30. The topological polar surface area (TPSA) is 23.6 Å². The van der Waals surface area contributed by atoms with Crippen LogP contribution in [-0.4, -0.2) is 47.9 Å². The molecule has 1 aliphatic heterocycles. The molecule has 0 bridgehead atoms. The molecule has 1 atom stereocenters. The lowest BCUT2D eigenvalue weighted by atomic mass is 10.1. The third kappa shape index (κ3) is 4.56. The van der Waals surface area contributed by atoms with E-state index in [-0.39, 0.29) is 5.91 Å². The van der Waals surface area contributed by atoms with Crippen molar-refractivity contribution in [3.63, 3.8) is 0 Å². The summed E-state index contributed by atoms with van der Waals surface area (Å²) >= 11 is 5.22. The van der Waals surface area contributed by atoms with E-state index in [2.05, 4.69) is 63.8 Å². The van der Waals surface area contributed by atoms with Crippen molar-refractivity contribution in [2.24, 2.45) is 0 Å². The minimum Gasteiger partial charge on any atom is -0.334 e. The van der Waals surface area contributed by atoms with E-state index in [4.69, 9.17) is 0 Å². The van der Waals surface area contributed by atoms with Crippen molar-refractivity contribution < 1.29 is 4.79 Å². The predicted molar refractivity (Wildman–Crippen MR) is 114 cm³/mol. The summed E-state index contributed by atoms with van der Waals surface area (Å²) in [6.45, 7) is 8.47. The molecule has 1 fully saturated rings. The van der Waals surface area contributed by atoms with Crippen LogP contribution in [-0.2, 0) is 0 Å². The highest BCUT2D eigenvalue weighted by Crippen LogP contribution is 2.31. The molecule has 3 rings (SSSR count). The van der Waals surface area contributed by atoms with Crippen molar-refractivity contribution in [2.75, 3.05) is 26.2 Å². The van der Waals surface area contributed by atoms with Gasteiger partial charge in [-0.2, -0.15) is 0 Å². The zero-order chi connectivity index (χ0) is 18.5. The molecule has 1 aliphatic rings. The van der Waals surface area contributed by atoms with Crippen LogP contribution in [0, 0.1) is 0 Å². The Balaban J connectivity index is 1.69. The monoisotopic (exact) mass is 434 g/mol. The fourth-order valence-electron chi connectivity index (χ4n) is 3.70. The van der Waals surface area contributed by atoms with Crippen molar-refractivity contribution in [2.45, 2.75) is 39.2 Å². The molecule has 1 unspecified atom stereocenters. The fourth-order valence-corrected chi connectivity index (χ4v) is 5.09.